The zero-order valence-electron chi connectivity index (χ0n) is 12.8. The summed E-state index contributed by atoms with van der Waals surface area (Å²) in [5, 5.41) is 0. The molecule has 0 bridgehead atoms. The fraction of sp³-hybridized carbons (Fsp3) is 0.467. The normalized spacial score (nSPS) is 10.4. The van der Waals surface area contributed by atoms with Crippen molar-refractivity contribution in [1.29, 1.82) is 0 Å². The van der Waals surface area contributed by atoms with E-state index in [2.05, 4.69) is 15.9 Å². The van der Waals surface area contributed by atoms with Crippen molar-refractivity contribution >= 4 is 27.7 Å². The van der Waals surface area contributed by atoms with Gasteiger partial charge in [0, 0.05) is 5.56 Å². The molecule has 0 aliphatic heterocycles. The summed E-state index contributed by atoms with van der Waals surface area (Å²) in [5.41, 5.74) is 0.943. The maximum absolute atomic E-state index is 12.3. The summed E-state index contributed by atoms with van der Waals surface area (Å²) in [6, 6.07) is 1.51. The van der Waals surface area contributed by atoms with Gasteiger partial charge in [0.05, 0.1) is 25.3 Å². The van der Waals surface area contributed by atoms with Gasteiger partial charge in [-0.2, -0.15) is 0 Å². The van der Waals surface area contributed by atoms with E-state index in [0.29, 0.717) is 21.5 Å². The van der Waals surface area contributed by atoms with Crippen molar-refractivity contribution in [3.8, 4) is 11.5 Å². The molecule has 0 aliphatic carbocycles. The lowest BCUT2D eigenvalue weighted by Crippen LogP contribution is -2.20. The number of Topliss-reactive ketones (excluding diaryl/α,β-unsaturated/α-hetero) is 1. The number of halogens is 1. The lowest BCUT2D eigenvalue weighted by Gasteiger charge is -2.19. The summed E-state index contributed by atoms with van der Waals surface area (Å²) in [5.74, 6) is -0.698. The van der Waals surface area contributed by atoms with Crippen molar-refractivity contribution < 1.29 is 23.8 Å². The van der Waals surface area contributed by atoms with Gasteiger partial charge in [-0.1, -0.05) is 13.8 Å². The molecule has 0 spiro atoms. The van der Waals surface area contributed by atoms with Gasteiger partial charge in [-0.15, -0.1) is 0 Å². The molecular formula is C15H19BrO5. The van der Waals surface area contributed by atoms with Gasteiger partial charge in [-0.3, -0.25) is 4.79 Å². The van der Waals surface area contributed by atoms with Crippen LogP contribution in [0.5, 0.6) is 11.5 Å². The Labute approximate surface area is 132 Å². The van der Waals surface area contributed by atoms with Crippen molar-refractivity contribution in [3.63, 3.8) is 0 Å². The van der Waals surface area contributed by atoms with Crippen molar-refractivity contribution in [2.75, 3.05) is 20.8 Å². The van der Waals surface area contributed by atoms with Gasteiger partial charge < -0.3 is 14.2 Å². The second-order valence-corrected chi connectivity index (χ2v) is 5.38. The highest BCUT2D eigenvalue weighted by molar-refractivity contribution is 9.10. The molecule has 0 saturated carbocycles. The molecule has 0 heterocycles. The highest BCUT2D eigenvalue weighted by Gasteiger charge is 2.27. The van der Waals surface area contributed by atoms with E-state index in [1.54, 1.807) is 6.92 Å². The van der Waals surface area contributed by atoms with E-state index in [9.17, 15) is 9.59 Å². The third kappa shape index (κ3) is 3.56. The van der Waals surface area contributed by atoms with Gasteiger partial charge in [0.25, 0.3) is 5.78 Å². The van der Waals surface area contributed by atoms with Crippen LogP contribution in [0.2, 0.25) is 0 Å². The van der Waals surface area contributed by atoms with E-state index in [4.69, 9.17) is 14.2 Å². The zero-order valence-corrected chi connectivity index (χ0v) is 14.4. The van der Waals surface area contributed by atoms with Crippen molar-refractivity contribution in [2.24, 2.45) is 0 Å². The first-order valence-electron chi connectivity index (χ1n) is 6.54. The van der Waals surface area contributed by atoms with Gasteiger partial charge in [-0.05, 0) is 40.4 Å². The second-order valence-electron chi connectivity index (χ2n) is 4.59. The molecule has 0 fully saturated rings. The smallest absolute Gasteiger partial charge is 0.379 e. The van der Waals surface area contributed by atoms with Crippen LogP contribution in [0.1, 0.15) is 42.6 Å². The first-order valence-corrected chi connectivity index (χ1v) is 7.34. The first kappa shape index (κ1) is 17.5. The molecule has 0 N–H and O–H groups in total. The summed E-state index contributed by atoms with van der Waals surface area (Å²) in [7, 11) is 2.98. The highest BCUT2D eigenvalue weighted by atomic mass is 79.9. The van der Waals surface area contributed by atoms with E-state index in [1.807, 2.05) is 13.8 Å². The number of carbonyl (C=O) groups excluding carboxylic acids is 2. The fourth-order valence-corrected chi connectivity index (χ4v) is 3.05. The van der Waals surface area contributed by atoms with E-state index in [1.165, 1.54) is 20.3 Å². The first-order chi connectivity index (χ1) is 9.88. The molecule has 1 rings (SSSR count). The zero-order chi connectivity index (χ0) is 16.2. The molecule has 0 aromatic heterocycles. The second kappa shape index (κ2) is 7.45. The maximum Gasteiger partial charge on any atom is 0.379 e. The van der Waals surface area contributed by atoms with Crippen LogP contribution in [0.4, 0.5) is 0 Å². The monoisotopic (exact) mass is 358 g/mol. The largest absolute Gasteiger partial charge is 0.493 e. The summed E-state index contributed by atoms with van der Waals surface area (Å²) >= 11 is 3.43. The minimum absolute atomic E-state index is 0.00700. The van der Waals surface area contributed by atoms with Crippen molar-refractivity contribution in [3.05, 3.63) is 21.7 Å². The SMILES string of the molecule is CCOC(=O)C(=O)c1cc(OC)c(OC)c(Br)c1C(C)C. The quantitative estimate of drug-likeness (QED) is 0.443. The predicted octanol–water partition coefficient (Wildman–Crippen LogP) is 3.34. The molecular weight excluding hydrogens is 340 g/mol. The highest BCUT2D eigenvalue weighted by Crippen LogP contribution is 2.42. The Morgan fingerprint density at radius 2 is 1.86 bits per heavy atom. The molecule has 0 radical (unpaired) electrons. The fourth-order valence-electron chi connectivity index (χ4n) is 2.02. The standard InChI is InChI=1S/C15H19BrO5/c1-6-21-15(18)13(17)9-7-10(19-4)14(20-5)12(16)11(9)8(2)3/h7-8H,6H2,1-5H3. The van der Waals surface area contributed by atoms with Crippen LogP contribution in [-0.2, 0) is 9.53 Å². The van der Waals surface area contributed by atoms with Gasteiger partial charge in [0.15, 0.2) is 11.5 Å². The number of hydrogen-bond donors (Lipinski definition) is 0. The average Bonchev–Trinajstić information content (AvgIpc) is 2.44. The topological polar surface area (TPSA) is 61.8 Å². The van der Waals surface area contributed by atoms with Crippen LogP contribution in [0.3, 0.4) is 0 Å². The molecule has 21 heavy (non-hydrogen) atoms. The molecule has 0 atom stereocenters. The summed E-state index contributed by atoms with van der Waals surface area (Å²) in [4.78, 5) is 24.0. The van der Waals surface area contributed by atoms with E-state index >= 15 is 0 Å². The van der Waals surface area contributed by atoms with Crippen LogP contribution in [0, 0.1) is 0 Å². The number of carbonyl (C=O) groups is 2. The van der Waals surface area contributed by atoms with Gasteiger partial charge in [-0.25, -0.2) is 4.79 Å². The van der Waals surface area contributed by atoms with Crippen LogP contribution in [0.15, 0.2) is 10.5 Å². The third-order valence-electron chi connectivity index (χ3n) is 2.93. The molecule has 0 amide bonds. The number of benzene rings is 1. The van der Waals surface area contributed by atoms with Gasteiger partial charge in [0.2, 0.25) is 0 Å². The van der Waals surface area contributed by atoms with Crippen LogP contribution in [-0.4, -0.2) is 32.6 Å². The maximum atomic E-state index is 12.3. The Hall–Kier alpha value is -1.56. The number of ether oxygens (including phenoxy) is 3. The predicted molar refractivity (Wildman–Crippen MR) is 82.3 cm³/mol. The Bertz CT molecular complexity index is 551. The number of esters is 1. The van der Waals surface area contributed by atoms with Crippen LogP contribution in [0.25, 0.3) is 0 Å². The Kier molecular flexibility index (Phi) is 6.20. The Balaban J connectivity index is 3.53. The molecule has 1 aromatic carbocycles. The molecule has 5 nitrogen and oxygen atoms in total. The number of hydrogen-bond acceptors (Lipinski definition) is 5. The molecule has 0 saturated heterocycles. The molecule has 6 heteroatoms. The summed E-state index contributed by atoms with van der Waals surface area (Å²) in [6.07, 6.45) is 0. The van der Waals surface area contributed by atoms with Crippen molar-refractivity contribution in [1.82, 2.24) is 0 Å². The van der Waals surface area contributed by atoms with Crippen molar-refractivity contribution in [2.45, 2.75) is 26.7 Å². The van der Waals surface area contributed by atoms with Crippen LogP contribution < -0.4 is 9.47 Å². The Morgan fingerprint density at radius 1 is 1.24 bits per heavy atom. The summed E-state index contributed by atoms with van der Waals surface area (Å²) in [6.45, 7) is 5.65. The Morgan fingerprint density at radius 3 is 2.29 bits per heavy atom. The van der Waals surface area contributed by atoms with E-state index < -0.39 is 11.8 Å². The summed E-state index contributed by atoms with van der Waals surface area (Å²) < 4.78 is 15.9. The minimum Gasteiger partial charge on any atom is -0.493 e. The molecule has 116 valence electrons. The number of rotatable bonds is 6. The lowest BCUT2D eigenvalue weighted by molar-refractivity contribution is -0.137. The molecule has 0 aliphatic rings. The van der Waals surface area contributed by atoms with Gasteiger partial charge >= 0.3 is 5.97 Å². The molecule has 1 aromatic rings. The number of methoxy groups -OCH3 is 2. The minimum atomic E-state index is -0.876. The van der Waals surface area contributed by atoms with Crippen LogP contribution >= 0.6 is 15.9 Å². The van der Waals surface area contributed by atoms with Gasteiger partial charge in [0.1, 0.15) is 0 Å². The number of ketones is 1. The molecule has 0 unspecified atom stereocenters. The third-order valence-corrected chi connectivity index (χ3v) is 3.72. The average molecular weight is 359 g/mol. The lowest BCUT2D eigenvalue weighted by atomic mass is 9.94. The van der Waals surface area contributed by atoms with E-state index in [-0.39, 0.29) is 18.1 Å². The van der Waals surface area contributed by atoms with E-state index in [0.717, 1.165) is 0 Å².